The average molecular weight is 460 g/mol. The Balaban J connectivity index is 1.86. The Kier molecular flexibility index (Phi) is 7.20. The van der Waals surface area contributed by atoms with Gasteiger partial charge in [0.15, 0.2) is 0 Å². The number of carbonyl (C=O) groups is 2. The Morgan fingerprint density at radius 2 is 1.91 bits per heavy atom. The molecular formula is C23H29N3O5S. The van der Waals surface area contributed by atoms with Crippen molar-refractivity contribution in [3.8, 4) is 5.75 Å². The Labute approximate surface area is 189 Å². The van der Waals surface area contributed by atoms with Crippen LogP contribution in [0.4, 0.5) is 5.69 Å². The van der Waals surface area contributed by atoms with Gasteiger partial charge < -0.3 is 15.0 Å². The Hall–Kier alpha value is -2.91. The fourth-order valence-electron chi connectivity index (χ4n) is 3.90. The molecule has 0 aromatic heterocycles. The number of carbonyl (C=O) groups excluding carboxylic acids is 2. The summed E-state index contributed by atoms with van der Waals surface area (Å²) in [4.78, 5) is 26.8. The van der Waals surface area contributed by atoms with E-state index in [2.05, 4.69) is 5.32 Å². The minimum Gasteiger partial charge on any atom is -0.492 e. The molecule has 0 bridgehead atoms. The summed E-state index contributed by atoms with van der Waals surface area (Å²) in [5, 5.41) is 2.78. The number of benzene rings is 2. The van der Waals surface area contributed by atoms with Crippen molar-refractivity contribution in [1.29, 1.82) is 0 Å². The molecule has 2 aromatic rings. The second-order valence-corrected chi connectivity index (χ2v) is 9.93. The molecule has 1 atom stereocenters. The summed E-state index contributed by atoms with van der Waals surface area (Å²) >= 11 is 0. The zero-order chi connectivity index (χ0) is 23.5. The number of fused-ring (bicyclic) bond motifs is 1. The average Bonchev–Trinajstić information content (AvgIpc) is 2.74. The van der Waals surface area contributed by atoms with Crippen LogP contribution in [0.25, 0.3) is 0 Å². The van der Waals surface area contributed by atoms with Crippen molar-refractivity contribution in [3.63, 3.8) is 0 Å². The number of rotatable bonds is 7. The van der Waals surface area contributed by atoms with Gasteiger partial charge in [-0.3, -0.25) is 9.59 Å². The first-order chi connectivity index (χ1) is 15.1. The number of anilines is 1. The van der Waals surface area contributed by atoms with E-state index < -0.39 is 10.0 Å². The van der Waals surface area contributed by atoms with Crippen LogP contribution < -0.4 is 10.1 Å². The van der Waals surface area contributed by atoms with Crippen molar-refractivity contribution < 1.29 is 22.7 Å². The van der Waals surface area contributed by atoms with Gasteiger partial charge in [0, 0.05) is 33.3 Å². The van der Waals surface area contributed by atoms with E-state index in [1.54, 1.807) is 17.9 Å². The summed E-state index contributed by atoms with van der Waals surface area (Å²) in [5.74, 6) is -0.170. The van der Waals surface area contributed by atoms with E-state index in [-0.39, 0.29) is 34.9 Å². The van der Waals surface area contributed by atoms with Gasteiger partial charge in [0.1, 0.15) is 10.6 Å². The van der Waals surface area contributed by atoms with Crippen molar-refractivity contribution in [2.24, 2.45) is 0 Å². The van der Waals surface area contributed by atoms with Gasteiger partial charge in [-0.2, -0.15) is 0 Å². The fourth-order valence-corrected chi connectivity index (χ4v) is 4.95. The van der Waals surface area contributed by atoms with E-state index >= 15 is 0 Å². The maximum atomic E-state index is 12.9. The number of hydrogen-bond acceptors (Lipinski definition) is 5. The van der Waals surface area contributed by atoms with Crippen LogP contribution in [-0.2, 0) is 26.0 Å². The second-order valence-electron chi connectivity index (χ2n) is 7.81. The van der Waals surface area contributed by atoms with E-state index in [0.29, 0.717) is 18.8 Å². The van der Waals surface area contributed by atoms with Crippen molar-refractivity contribution >= 4 is 27.5 Å². The quantitative estimate of drug-likeness (QED) is 0.687. The molecule has 172 valence electrons. The lowest BCUT2D eigenvalue weighted by Crippen LogP contribution is -2.40. The third-order valence-electron chi connectivity index (χ3n) is 5.48. The Morgan fingerprint density at radius 1 is 1.19 bits per heavy atom. The molecule has 0 aliphatic carbocycles. The first-order valence-electron chi connectivity index (χ1n) is 10.5. The van der Waals surface area contributed by atoms with Crippen LogP contribution in [0.15, 0.2) is 47.4 Å². The molecule has 1 unspecified atom stereocenters. The standard InChI is InChI=1S/C23H29N3O5S/c1-5-31-21-11-10-18(14-22(21)32(29,30)25(3)4)24-23(28)15-20-19-9-7-6-8-17(19)12-13-26(20)16(2)27/h6-11,14,20H,5,12-13,15H2,1-4H3,(H,24,28). The van der Waals surface area contributed by atoms with Crippen LogP contribution in [0, 0.1) is 0 Å². The highest BCUT2D eigenvalue weighted by atomic mass is 32.2. The molecule has 0 spiro atoms. The predicted molar refractivity (Wildman–Crippen MR) is 122 cm³/mol. The van der Waals surface area contributed by atoms with Crippen LogP contribution in [0.1, 0.15) is 37.4 Å². The van der Waals surface area contributed by atoms with Crippen LogP contribution in [0.5, 0.6) is 5.75 Å². The van der Waals surface area contributed by atoms with E-state index in [1.807, 2.05) is 24.3 Å². The number of nitrogens with zero attached hydrogens (tertiary/aromatic N) is 2. The predicted octanol–water partition coefficient (Wildman–Crippen LogP) is 2.81. The van der Waals surface area contributed by atoms with Gasteiger partial charge in [0.2, 0.25) is 21.8 Å². The normalized spacial score (nSPS) is 15.9. The molecular weight excluding hydrogens is 430 g/mol. The monoisotopic (exact) mass is 459 g/mol. The maximum absolute atomic E-state index is 12.9. The van der Waals surface area contributed by atoms with Crippen LogP contribution in [0.3, 0.4) is 0 Å². The van der Waals surface area contributed by atoms with Crippen molar-refractivity contribution in [2.45, 2.75) is 37.6 Å². The minimum absolute atomic E-state index is 0.0180. The first-order valence-corrected chi connectivity index (χ1v) is 11.9. The van der Waals surface area contributed by atoms with Gasteiger partial charge in [-0.15, -0.1) is 0 Å². The zero-order valence-electron chi connectivity index (χ0n) is 18.8. The van der Waals surface area contributed by atoms with E-state index in [4.69, 9.17) is 4.74 Å². The minimum atomic E-state index is -3.77. The molecule has 1 aliphatic heterocycles. The summed E-state index contributed by atoms with van der Waals surface area (Å²) in [6.07, 6.45) is 0.818. The van der Waals surface area contributed by atoms with Gasteiger partial charge in [-0.1, -0.05) is 24.3 Å². The lowest BCUT2D eigenvalue weighted by molar-refractivity contribution is -0.132. The van der Waals surface area contributed by atoms with E-state index in [0.717, 1.165) is 21.9 Å². The van der Waals surface area contributed by atoms with Gasteiger partial charge in [-0.25, -0.2) is 12.7 Å². The van der Waals surface area contributed by atoms with Gasteiger partial charge >= 0.3 is 0 Å². The molecule has 0 saturated heterocycles. The van der Waals surface area contributed by atoms with Gasteiger partial charge in [-0.05, 0) is 42.7 Å². The smallest absolute Gasteiger partial charge is 0.246 e. The molecule has 3 rings (SSSR count). The molecule has 0 saturated carbocycles. The number of hydrogen-bond donors (Lipinski definition) is 1. The summed E-state index contributed by atoms with van der Waals surface area (Å²) < 4.78 is 32.0. The highest BCUT2D eigenvalue weighted by Gasteiger charge is 2.31. The Bertz CT molecular complexity index is 1110. The molecule has 1 N–H and O–H groups in total. The molecule has 0 radical (unpaired) electrons. The first kappa shape index (κ1) is 23.7. The summed E-state index contributed by atoms with van der Waals surface area (Å²) in [6, 6.07) is 12.0. The number of nitrogens with one attached hydrogen (secondary N) is 1. The van der Waals surface area contributed by atoms with Crippen molar-refractivity contribution in [1.82, 2.24) is 9.21 Å². The lowest BCUT2D eigenvalue weighted by atomic mass is 9.90. The fraction of sp³-hybridized carbons (Fsp3) is 0.391. The SMILES string of the molecule is CCOc1ccc(NC(=O)CC2c3ccccc3CCN2C(C)=O)cc1S(=O)(=O)N(C)C. The lowest BCUT2D eigenvalue weighted by Gasteiger charge is -2.36. The Morgan fingerprint density at radius 3 is 2.56 bits per heavy atom. The summed E-state index contributed by atoms with van der Waals surface area (Å²) in [7, 11) is -0.896. The van der Waals surface area contributed by atoms with Crippen LogP contribution in [-0.4, -0.2) is 56.7 Å². The van der Waals surface area contributed by atoms with Gasteiger partial charge in [0.25, 0.3) is 0 Å². The highest BCUT2D eigenvalue weighted by Crippen LogP contribution is 2.33. The number of amides is 2. The second kappa shape index (κ2) is 9.70. The van der Waals surface area contributed by atoms with E-state index in [1.165, 1.54) is 33.2 Å². The number of sulfonamides is 1. The van der Waals surface area contributed by atoms with Gasteiger partial charge in [0.05, 0.1) is 19.1 Å². The molecule has 9 heteroatoms. The molecule has 8 nitrogen and oxygen atoms in total. The molecule has 0 fully saturated rings. The highest BCUT2D eigenvalue weighted by molar-refractivity contribution is 7.89. The molecule has 32 heavy (non-hydrogen) atoms. The largest absolute Gasteiger partial charge is 0.492 e. The maximum Gasteiger partial charge on any atom is 0.246 e. The van der Waals surface area contributed by atoms with Crippen molar-refractivity contribution in [2.75, 3.05) is 32.6 Å². The molecule has 1 aliphatic rings. The summed E-state index contributed by atoms with van der Waals surface area (Å²) in [6.45, 7) is 4.14. The van der Waals surface area contributed by atoms with Crippen molar-refractivity contribution in [3.05, 3.63) is 53.6 Å². The molecule has 1 heterocycles. The van der Waals surface area contributed by atoms with Crippen LogP contribution >= 0.6 is 0 Å². The topological polar surface area (TPSA) is 96.0 Å². The zero-order valence-corrected chi connectivity index (χ0v) is 19.6. The number of ether oxygens (including phenoxy) is 1. The third-order valence-corrected chi connectivity index (χ3v) is 7.32. The summed E-state index contributed by atoms with van der Waals surface area (Å²) in [5.41, 5.74) is 2.44. The molecule has 2 amide bonds. The van der Waals surface area contributed by atoms with E-state index in [9.17, 15) is 18.0 Å². The van der Waals surface area contributed by atoms with Crippen LogP contribution in [0.2, 0.25) is 0 Å². The third kappa shape index (κ3) is 4.94. The molecule has 2 aromatic carbocycles.